The van der Waals surface area contributed by atoms with Crippen LogP contribution in [0, 0.1) is 0 Å². The number of nitrogens with two attached hydrogens (primary N) is 1. The van der Waals surface area contributed by atoms with E-state index in [4.69, 9.17) is 10.5 Å². The SMILES string of the molecule is COc1ccc(C(=O)NCC2(SC)CCC2)c(N)c1. The van der Waals surface area contributed by atoms with E-state index in [1.165, 1.54) is 19.3 Å². The van der Waals surface area contributed by atoms with Crippen LogP contribution in [0.25, 0.3) is 0 Å². The van der Waals surface area contributed by atoms with Crippen LogP contribution in [0.15, 0.2) is 18.2 Å². The van der Waals surface area contributed by atoms with Crippen molar-refractivity contribution in [2.75, 3.05) is 25.6 Å². The van der Waals surface area contributed by atoms with Crippen molar-refractivity contribution in [1.29, 1.82) is 0 Å². The zero-order valence-electron chi connectivity index (χ0n) is 11.4. The van der Waals surface area contributed by atoms with Crippen LogP contribution in [0.4, 0.5) is 5.69 Å². The molecule has 1 fully saturated rings. The second-order valence-electron chi connectivity index (χ2n) is 4.88. The molecule has 1 aromatic carbocycles. The summed E-state index contributed by atoms with van der Waals surface area (Å²) in [6.07, 6.45) is 5.70. The summed E-state index contributed by atoms with van der Waals surface area (Å²) in [7, 11) is 1.58. The van der Waals surface area contributed by atoms with Crippen molar-refractivity contribution in [1.82, 2.24) is 5.32 Å². The van der Waals surface area contributed by atoms with Crippen LogP contribution in [-0.2, 0) is 0 Å². The Kier molecular flexibility index (Phi) is 4.24. The quantitative estimate of drug-likeness (QED) is 0.812. The number of methoxy groups -OCH3 is 1. The third-order valence-corrected chi connectivity index (χ3v) is 5.19. The molecule has 1 saturated carbocycles. The minimum atomic E-state index is -0.111. The number of rotatable bonds is 5. The van der Waals surface area contributed by atoms with Crippen molar-refractivity contribution < 1.29 is 9.53 Å². The average Bonchev–Trinajstić information content (AvgIpc) is 2.37. The molecule has 0 saturated heterocycles. The highest BCUT2D eigenvalue weighted by Crippen LogP contribution is 2.42. The maximum absolute atomic E-state index is 12.1. The summed E-state index contributed by atoms with van der Waals surface area (Å²) in [6.45, 7) is 0.707. The Morgan fingerprint density at radius 2 is 2.26 bits per heavy atom. The fourth-order valence-electron chi connectivity index (χ4n) is 2.24. The summed E-state index contributed by atoms with van der Waals surface area (Å²) >= 11 is 1.84. The number of nitrogens with one attached hydrogen (secondary N) is 1. The van der Waals surface area contributed by atoms with Crippen molar-refractivity contribution in [3.63, 3.8) is 0 Å². The lowest BCUT2D eigenvalue weighted by Gasteiger charge is -2.40. The molecule has 0 heterocycles. The van der Waals surface area contributed by atoms with Gasteiger partial charge < -0.3 is 15.8 Å². The highest BCUT2D eigenvalue weighted by molar-refractivity contribution is 8.00. The molecule has 1 aliphatic rings. The van der Waals surface area contributed by atoms with Crippen LogP contribution in [0.1, 0.15) is 29.6 Å². The first-order valence-electron chi connectivity index (χ1n) is 6.37. The fraction of sp³-hybridized carbons (Fsp3) is 0.500. The van der Waals surface area contributed by atoms with Gasteiger partial charge in [-0.05, 0) is 31.2 Å². The molecule has 0 bridgehead atoms. The lowest BCUT2D eigenvalue weighted by Crippen LogP contribution is -2.45. The van der Waals surface area contributed by atoms with Crippen LogP contribution in [0.3, 0.4) is 0 Å². The maximum Gasteiger partial charge on any atom is 0.253 e. The Bertz CT molecular complexity index is 467. The van der Waals surface area contributed by atoms with Crippen molar-refractivity contribution in [3.05, 3.63) is 23.8 Å². The Hall–Kier alpha value is -1.36. The van der Waals surface area contributed by atoms with Gasteiger partial charge in [-0.3, -0.25) is 4.79 Å². The lowest BCUT2D eigenvalue weighted by molar-refractivity contribution is 0.0945. The molecule has 4 nitrogen and oxygen atoms in total. The van der Waals surface area contributed by atoms with Crippen molar-refractivity contribution in [2.45, 2.75) is 24.0 Å². The summed E-state index contributed by atoms with van der Waals surface area (Å²) in [5.41, 5.74) is 6.83. The summed E-state index contributed by atoms with van der Waals surface area (Å²) in [4.78, 5) is 12.1. The van der Waals surface area contributed by atoms with Crippen LogP contribution >= 0.6 is 11.8 Å². The van der Waals surface area contributed by atoms with Gasteiger partial charge in [0.25, 0.3) is 5.91 Å². The van der Waals surface area contributed by atoms with E-state index in [0.29, 0.717) is 23.5 Å². The number of ether oxygens (including phenoxy) is 1. The normalized spacial score (nSPS) is 16.5. The lowest BCUT2D eigenvalue weighted by atomic mass is 9.84. The van der Waals surface area contributed by atoms with Gasteiger partial charge in [0, 0.05) is 23.0 Å². The third kappa shape index (κ3) is 2.97. The second kappa shape index (κ2) is 5.74. The van der Waals surface area contributed by atoms with Crippen LogP contribution in [0.5, 0.6) is 5.75 Å². The highest BCUT2D eigenvalue weighted by atomic mass is 32.2. The van der Waals surface area contributed by atoms with Gasteiger partial charge in [-0.25, -0.2) is 0 Å². The summed E-state index contributed by atoms with van der Waals surface area (Å²) in [5, 5.41) is 2.99. The molecular formula is C14H20N2O2S. The first kappa shape index (κ1) is 14.1. The van der Waals surface area contributed by atoms with Crippen molar-refractivity contribution in [3.8, 4) is 5.75 Å². The van der Waals surface area contributed by atoms with Crippen molar-refractivity contribution in [2.24, 2.45) is 0 Å². The molecule has 0 spiro atoms. The van der Waals surface area contributed by atoms with E-state index in [9.17, 15) is 4.79 Å². The molecule has 0 unspecified atom stereocenters. The number of hydrogen-bond donors (Lipinski definition) is 2. The molecular weight excluding hydrogens is 260 g/mol. The third-order valence-electron chi connectivity index (χ3n) is 3.77. The average molecular weight is 280 g/mol. The van der Waals surface area contributed by atoms with E-state index in [2.05, 4.69) is 11.6 Å². The zero-order valence-corrected chi connectivity index (χ0v) is 12.2. The van der Waals surface area contributed by atoms with Crippen LogP contribution in [-0.4, -0.2) is 30.6 Å². The topological polar surface area (TPSA) is 64.3 Å². The van der Waals surface area contributed by atoms with Gasteiger partial charge in [-0.2, -0.15) is 11.8 Å². The minimum absolute atomic E-state index is 0.111. The number of hydrogen-bond acceptors (Lipinski definition) is 4. The standard InChI is InChI=1S/C14H20N2O2S/c1-18-10-4-5-11(12(15)8-10)13(17)16-9-14(19-2)6-3-7-14/h4-5,8H,3,6-7,9,15H2,1-2H3,(H,16,17). The molecule has 1 aromatic rings. The van der Waals surface area contributed by atoms with Crippen LogP contribution < -0.4 is 15.8 Å². The first-order chi connectivity index (χ1) is 9.10. The molecule has 3 N–H and O–H groups in total. The van der Waals surface area contributed by atoms with E-state index in [1.807, 2.05) is 11.8 Å². The smallest absolute Gasteiger partial charge is 0.253 e. The highest BCUT2D eigenvalue weighted by Gasteiger charge is 2.36. The molecule has 0 radical (unpaired) electrons. The molecule has 0 atom stereocenters. The zero-order chi connectivity index (χ0) is 13.9. The molecule has 0 aliphatic heterocycles. The largest absolute Gasteiger partial charge is 0.497 e. The monoisotopic (exact) mass is 280 g/mol. The predicted molar refractivity (Wildman–Crippen MR) is 79.8 cm³/mol. The minimum Gasteiger partial charge on any atom is -0.497 e. The van der Waals surface area contributed by atoms with E-state index in [1.54, 1.807) is 25.3 Å². The number of nitrogen functional groups attached to an aromatic ring is 1. The molecule has 1 amide bonds. The van der Waals surface area contributed by atoms with E-state index in [-0.39, 0.29) is 10.7 Å². The second-order valence-corrected chi connectivity index (χ2v) is 6.15. The summed E-state index contributed by atoms with van der Waals surface area (Å²) in [5.74, 6) is 0.550. The van der Waals surface area contributed by atoms with E-state index in [0.717, 1.165) is 0 Å². The Morgan fingerprint density at radius 1 is 1.53 bits per heavy atom. The van der Waals surface area contributed by atoms with Gasteiger partial charge in [-0.1, -0.05) is 6.42 Å². The molecule has 2 rings (SSSR count). The first-order valence-corrected chi connectivity index (χ1v) is 7.59. The van der Waals surface area contributed by atoms with E-state index < -0.39 is 0 Å². The predicted octanol–water partition coefficient (Wildman–Crippen LogP) is 2.29. The summed E-state index contributed by atoms with van der Waals surface area (Å²) < 4.78 is 5.31. The molecule has 5 heteroatoms. The van der Waals surface area contributed by atoms with Crippen molar-refractivity contribution >= 4 is 23.4 Å². The van der Waals surface area contributed by atoms with Gasteiger partial charge in [-0.15, -0.1) is 0 Å². The maximum atomic E-state index is 12.1. The Balaban J connectivity index is 2.00. The molecule has 19 heavy (non-hydrogen) atoms. The summed E-state index contributed by atoms with van der Waals surface area (Å²) in [6, 6.07) is 5.12. The van der Waals surface area contributed by atoms with Crippen LogP contribution in [0.2, 0.25) is 0 Å². The van der Waals surface area contributed by atoms with Gasteiger partial charge in [0.05, 0.1) is 12.7 Å². The molecule has 104 valence electrons. The van der Waals surface area contributed by atoms with Gasteiger partial charge >= 0.3 is 0 Å². The van der Waals surface area contributed by atoms with Gasteiger partial charge in [0.2, 0.25) is 0 Å². The van der Waals surface area contributed by atoms with Gasteiger partial charge in [0.1, 0.15) is 5.75 Å². The number of amides is 1. The number of thioether (sulfide) groups is 1. The number of carbonyl (C=O) groups excluding carboxylic acids is 1. The molecule has 1 aliphatic carbocycles. The van der Waals surface area contributed by atoms with Gasteiger partial charge in [0.15, 0.2) is 0 Å². The number of anilines is 1. The number of carbonyl (C=O) groups is 1. The van der Waals surface area contributed by atoms with E-state index >= 15 is 0 Å². The Morgan fingerprint density at radius 3 is 2.74 bits per heavy atom. The molecule has 0 aromatic heterocycles. The fourth-order valence-corrected chi connectivity index (χ4v) is 3.15. The number of benzene rings is 1. The Labute approximate surface area is 118 Å².